The lowest BCUT2D eigenvalue weighted by Crippen LogP contribution is -2.41. The second-order valence-corrected chi connectivity index (χ2v) is 8.15. The summed E-state index contributed by atoms with van der Waals surface area (Å²) in [5.41, 5.74) is 1.05. The fourth-order valence-electron chi connectivity index (χ4n) is 2.93. The predicted molar refractivity (Wildman–Crippen MR) is 85.3 cm³/mol. The van der Waals surface area contributed by atoms with Gasteiger partial charge in [-0.2, -0.15) is 4.31 Å². The van der Waals surface area contributed by atoms with E-state index in [4.69, 9.17) is 0 Å². The van der Waals surface area contributed by atoms with Crippen LogP contribution < -0.4 is 0 Å². The van der Waals surface area contributed by atoms with Gasteiger partial charge in [0.05, 0.1) is 4.90 Å². The minimum atomic E-state index is -3.41. The third-order valence-electron chi connectivity index (χ3n) is 3.97. The van der Waals surface area contributed by atoms with E-state index in [9.17, 15) is 8.42 Å². The summed E-state index contributed by atoms with van der Waals surface area (Å²) in [5, 5.41) is 0. The molecule has 0 bridgehead atoms. The molecule has 1 aromatic rings. The zero-order chi connectivity index (χ0) is 14.8. The summed E-state index contributed by atoms with van der Waals surface area (Å²) in [6.45, 7) is 4.42. The van der Waals surface area contributed by atoms with Crippen molar-refractivity contribution < 1.29 is 8.42 Å². The van der Waals surface area contributed by atoms with Crippen molar-refractivity contribution in [3.05, 3.63) is 28.2 Å². The highest BCUT2D eigenvalue weighted by atomic mass is 79.9. The van der Waals surface area contributed by atoms with Crippen LogP contribution in [0.5, 0.6) is 0 Å². The lowest BCUT2D eigenvalue weighted by molar-refractivity contribution is 0.261. The van der Waals surface area contributed by atoms with Gasteiger partial charge in [0.1, 0.15) is 0 Å². The summed E-state index contributed by atoms with van der Waals surface area (Å²) >= 11 is 3.40. The number of hydrogen-bond acceptors (Lipinski definition) is 2. The first-order valence-electron chi connectivity index (χ1n) is 7.25. The van der Waals surface area contributed by atoms with Gasteiger partial charge in [-0.25, -0.2) is 8.42 Å². The number of halogens is 1. The smallest absolute Gasteiger partial charge is 0.207 e. The van der Waals surface area contributed by atoms with Crippen molar-refractivity contribution in [3.63, 3.8) is 0 Å². The van der Waals surface area contributed by atoms with Crippen LogP contribution in [0.2, 0.25) is 0 Å². The van der Waals surface area contributed by atoms with Crippen LogP contribution in [0.1, 0.15) is 44.6 Å². The van der Waals surface area contributed by atoms with Crippen LogP contribution in [0.15, 0.2) is 27.6 Å². The first-order valence-corrected chi connectivity index (χ1v) is 9.48. The van der Waals surface area contributed by atoms with E-state index in [-0.39, 0.29) is 6.04 Å². The minimum absolute atomic E-state index is 0.159. The summed E-state index contributed by atoms with van der Waals surface area (Å²) in [7, 11) is -3.41. The summed E-state index contributed by atoms with van der Waals surface area (Å²) in [6, 6.07) is 5.58. The third-order valence-corrected chi connectivity index (χ3v) is 6.97. The van der Waals surface area contributed by atoms with E-state index < -0.39 is 10.0 Å². The first kappa shape index (κ1) is 16.0. The SMILES string of the molecule is CCN(C1CCCCC1)S(=O)(=O)c1ccc(C)cc1Br. The van der Waals surface area contributed by atoms with Crippen molar-refractivity contribution in [1.29, 1.82) is 0 Å². The summed E-state index contributed by atoms with van der Waals surface area (Å²) in [4.78, 5) is 0.385. The van der Waals surface area contributed by atoms with Crippen molar-refractivity contribution in [2.45, 2.75) is 56.9 Å². The number of benzene rings is 1. The molecule has 0 amide bonds. The molecular formula is C15H22BrNO2S. The Morgan fingerprint density at radius 2 is 1.90 bits per heavy atom. The third kappa shape index (κ3) is 3.26. The van der Waals surface area contributed by atoms with Crippen LogP contribution in [0.3, 0.4) is 0 Å². The predicted octanol–water partition coefficient (Wildman–Crippen LogP) is 4.10. The molecule has 3 nitrogen and oxygen atoms in total. The average Bonchev–Trinajstić information content (AvgIpc) is 2.40. The Hall–Kier alpha value is -0.390. The van der Waals surface area contributed by atoms with Gasteiger partial charge in [-0.15, -0.1) is 0 Å². The molecule has 0 spiro atoms. The molecule has 2 rings (SSSR count). The van der Waals surface area contributed by atoms with Crippen LogP contribution in [-0.4, -0.2) is 25.3 Å². The molecule has 1 aliphatic carbocycles. The molecule has 1 saturated carbocycles. The molecule has 0 aliphatic heterocycles. The number of aryl methyl sites for hydroxylation is 1. The molecule has 112 valence electrons. The molecule has 0 heterocycles. The maximum Gasteiger partial charge on any atom is 0.244 e. The van der Waals surface area contributed by atoms with Crippen molar-refractivity contribution in [2.75, 3.05) is 6.54 Å². The highest BCUT2D eigenvalue weighted by Crippen LogP contribution is 2.31. The molecule has 5 heteroatoms. The van der Waals surface area contributed by atoms with Gasteiger partial charge in [0.15, 0.2) is 0 Å². The van der Waals surface area contributed by atoms with Gasteiger partial charge in [-0.05, 0) is 53.4 Å². The van der Waals surface area contributed by atoms with E-state index in [1.807, 2.05) is 26.0 Å². The molecule has 0 saturated heterocycles. The number of hydrogen-bond donors (Lipinski definition) is 0. The Bertz CT molecular complexity index is 565. The topological polar surface area (TPSA) is 37.4 Å². The fraction of sp³-hybridized carbons (Fsp3) is 0.600. The van der Waals surface area contributed by atoms with Gasteiger partial charge in [0, 0.05) is 17.1 Å². The van der Waals surface area contributed by atoms with E-state index in [0.717, 1.165) is 31.2 Å². The summed E-state index contributed by atoms with van der Waals surface area (Å²) < 4.78 is 28.1. The van der Waals surface area contributed by atoms with E-state index in [1.54, 1.807) is 10.4 Å². The van der Waals surface area contributed by atoms with Gasteiger partial charge in [-0.3, -0.25) is 0 Å². The molecule has 0 aromatic heterocycles. The van der Waals surface area contributed by atoms with Gasteiger partial charge >= 0.3 is 0 Å². The maximum atomic E-state index is 12.9. The molecule has 0 N–H and O–H groups in total. The highest BCUT2D eigenvalue weighted by molar-refractivity contribution is 9.10. The monoisotopic (exact) mass is 359 g/mol. The normalized spacial score (nSPS) is 17.6. The Kier molecular flexibility index (Phi) is 5.26. The lowest BCUT2D eigenvalue weighted by Gasteiger charge is -2.32. The van der Waals surface area contributed by atoms with Crippen LogP contribution >= 0.6 is 15.9 Å². The Balaban J connectivity index is 2.35. The zero-order valence-corrected chi connectivity index (χ0v) is 14.5. The Morgan fingerprint density at radius 3 is 2.45 bits per heavy atom. The van der Waals surface area contributed by atoms with Crippen LogP contribution in [0.4, 0.5) is 0 Å². The quantitative estimate of drug-likeness (QED) is 0.811. The molecule has 1 aliphatic rings. The maximum absolute atomic E-state index is 12.9. The number of rotatable bonds is 4. The summed E-state index contributed by atoms with van der Waals surface area (Å²) in [6.07, 6.45) is 5.45. The first-order chi connectivity index (χ1) is 9.46. The second kappa shape index (κ2) is 6.58. The van der Waals surface area contributed by atoms with Crippen molar-refractivity contribution in [1.82, 2.24) is 4.31 Å². The van der Waals surface area contributed by atoms with Gasteiger partial charge in [-0.1, -0.05) is 32.3 Å². The number of nitrogens with zero attached hydrogens (tertiary/aromatic N) is 1. The Morgan fingerprint density at radius 1 is 1.25 bits per heavy atom. The van der Waals surface area contributed by atoms with Gasteiger partial charge < -0.3 is 0 Å². The van der Waals surface area contributed by atoms with Crippen LogP contribution in [0, 0.1) is 6.92 Å². The molecule has 0 unspecified atom stereocenters. The van der Waals surface area contributed by atoms with E-state index in [2.05, 4.69) is 15.9 Å². The van der Waals surface area contributed by atoms with E-state index in [1.165, 1.54) is 6.42 Å². The average molecular weight is 360 g/mol. The van der Waals surface area contributed by atoms with Gasteiger partial charge in [0.25, 0.3) is 0 Å². The minimum Gasteiger partial charge on any atom is -0.207 e. The largest absolute Gasteiger partial charge is 0.244 e. The lowest BCUT2D eigenvalue weighted by atomic mass is 9.95. The standard InChI is InChI=1S/C15H22BrNO2S/c1-3-17(13-7-5-4-6-8-13)20(18,19)15-10-9-12(2)11-14(15)16/h9-11,13H,3-8H2,1-2H3. The molecular weight excluding hydrogens is 338 g/mol. The Labute approximate surface area is 130 Å². The van der Waals surface area contributed by atoms with Crippen LogP contribution in [0.25, 0.3) is 0 Å². The van der Waals surface area contributed by atoms with Crippen molar-refractivity contribution in [2.24, 2.45) is 0 Å². The zero-order valence-electron chi connectivity index (χ0n) is 12.1. The summed E-state index contributed by atoms with van der Waals surface area (Å²) in [5.74, 6) is 0. The fourth-order valence-corrected chi connectivity index (χ4v) is 5.78. The van der Waals surface area contributed by atoms with E-state index in [0.29, 0.717) is 15.9 Å². The highest BCUT2D eigenvalue weighted by Gasteiger charge is 2.32. The molecule has 0 radical (unpaired) electrons. The van der Waals surface area contributed by atoms with Crippen LogP contribution in [-0.2, 0) is 10.0 Å². The van der Waals surface area contributed by atoms with E-state index >= 15 is 0 Å². The molecule has 20 heavy (non-hydrogen) atoms. The van der Waals surface area contributed by atoms with Crippen molar-refractivity contribution >= 4 is 26.0 Å². The molecule has 1 aromatic carbocycles. The second-order valence-electron chi connectivity index (χ2n) is 5.43. The van der Waals surface area contributed by atoms with Gasteiger partial charge in [0.2, 0.25) is 10.0 Å². The molecule has 1 fully saturated rings. The molecule has 0 atom stereocenters. The number of sulfonamides is 1. The van der Waals surface area contributed by atoms with Crippen molar-refractivity contribution in [3.8, 4) is 0 Å².